The van der Waals surface area contributed by atoms with Crippen LogP contribution in [0.1, 0.15) is 39.2 Å². The van der Waals surface area contributed by atoms with Crippen molar-refractivity contribution in [3.8, 4) is 11.5 Å². The fraction of sp³-hybridized carbons (Fsp3) is 0.435. The summed E-state index contributed by atoms with van der Waals surface area (Å²) in [5, 5.41) is 0.327. The summed E-state index contributed by atoms with van der Waals surface area (Å²) in [6, 6.07) is 11.9. The van der Waals surface area contributed by atoms with Gasteiger partial charge in [0, 0.05) is 31.0 Å². The van der Waals surface area contributed by atoms with Gasteiger partial charge in [0.05, 0.1) is 0 Å². The van der Waals surface area contributed by atoms with Gasteiger partial charge in [-0.1, -0.05) is 23.7 Å². The number of carbonyl (C=O) groups is 1. The van der Waals surface area contributed by atoms with Crippen molar-refractivity contribution in [2.24, 2.45) is 0 Å². The summed E-state index contributed by atoms with van der Waals surface area (Å²) in [5.41, 5.74) is 0.370. The second-order valence-electron chi connectivity index (χ2n) is 8.30. The number of hydrogen-bond acceptors (Lipinski definition) is 4. The lowest BCUT2D eigenvalue weighted by Gasteiger charge is -2.33. The van der Waals surface area contributed by atoms with Crippen molar-refractivity contribution < 1.29 is 23.4 Å². The minimum Gasteiger partial charge on any atom is -0.490 e. The van der Waals surface area contributed by atoms with Crippen molar-refractivity contribution in [1.29, 1.82) is 0 Å². The largest absolute Gasteiger partial charge is 0.490 e. The first-order valence-electron chi connectivity index (χ1n) is 10.0. The summed E-state index contributed by atoms with van der Waals surface area (Å²) < 4.78 is 30.9. The molecule has 0 bridgehead atoms. The number of halogens is 2. The van der Waals surface area contributed by atoms with Crippen LogP contribution in [0.4, 0.5) is 9.18 Å². The Hall–Kier alpha value is -2.47. The van der Waals surface area contributed by atoms with E-state index in [1.807, 2.05) is 45.0 Å². The van der Waals surface area contributed by atoms with E-state index in [-0.39, 0.29) is 24.6 Å². The summed E-state index contributed by atoms with van der Waals surface area (Å²) in [6.45, 7) is 6.99. The van der Waals surface area contributed by atoms with Gasteiger partial charge in [0.1, 0.15) is 24.1 Å². The average molecular weight is 436 g/mol. The van der Waals surface area contributed by atoms with Crippen LogP contribution < -0.4 is 9.47 Å². The molecular weight excluding hydrogens is 409 g/mol. The van der Waals surface area contributed by atoms with Gasteiger partial charge in [-0.15, -0.1) is 0 Å². The van der Waals surface area contributed by atoms with E-state index in [0.717, 1.165) is 24.2 Å². The Bertz CT molecular complexity index is 876. The van der Waals surface area contributed by atoms with E-state index in [1.165, 1.54) is 12.1 Å². The maximum atomic E-state index is 13.8. The fourth-order valence-corrected chi connectivity index (χ4v) is 3.30. The maximum Gasteiger partial charge on any atom is 0.410 e. The molecular formula is C23H27ClFNO4. The molecule has 5 nitrogen and oxygen atoms in total. The molecule has 0 unspecified atom stereocenters. The van der Waals surface area contributed by atoms with E-state index >= 15 is 0 Å². The Kier molecular flexibility index (Phi) is 7.08. The van der Waals surface area contributed by atoms with E-state index in [2.05, 4.69) is 0 Å². The molecule has 0 radical (unpaired) electrons. The van der Waals surface area contributed by atoms with Crippen LogP contribution in [0, 0.1) is 5.82 Å². The van der Waals surface area contributed by atoms with Gasteiger partial charge in [-0.25, -0.2) is 9.18 Å². The maximum absolute atomic E-state index is 13.8. The summed E-state index contributed by atoms with van der Waals surface area (Å²) in [6.07, 6.45) is 1.20. The van der Waals surface area contributed by atoms with Crippen molar-refractivity contribution in [2.75, 3.05) is 13.1 Å². The second kappa shape index (κ2) is 9.56. The summed E-state index contributed by atoms with van der Waals surface area (Å²) in [4.78, 5) is 13.9. The lowest BCUT2D eigenvalue weighted by Crippen LogP contribution is -2.44. The Morgan fingerprint density at radius 2 is 1.90 bits per heavy atom. The van der Waals surface area contributed by atoms with Crippen LogP contribution in [0.15, 0.2) is 42.5 Å². The minimum atomic E-state index is -0.498. The molecule has 1 aliphatic rings. The van der Waals surface area contributed by atoms with Crippen LogP contribution in [0.5, 0.6) is 11.5 Å². The second-order valence-corrected chi connectivity index (χ2v) is 8.73. The molecule has 7 heteroatoms. The lowest BCUT2D eigenvalue weighted by molar-refractivity contribution is 0.0126. The van der Waals surface area contributed by atoms with E-state index in [1.54, 1.807) is 11.0 Å². The number of carbonyl (C=O) groups excluding carboxylic acids is 1. The Morgan fingerprint density at radius 3 is 2.57 bits per heavy atom. The first kappa shape index (κ1) is 22.2. The zero-order valence-corrected chi connectivity index (χ0v) is 18.2. The number of rotatable bonds is 5. The number of nitrogens with zero attached hydrogens (tertiary/aromatic N) is 1. The number of benzene rings is 2. The van der Waals surface area contributed by atoms with Gasteiger partial charge >= 0.3 is 6.09 Å². The van der Waals surface area contributed by atoms with E-state index in [4.69, 9.17) is 25.8 Å². The monoisotopic (exact) mass is 435 g/mol. The van der Waals surface area contributed by atoms with Gasteiger partial charge in [0.15, 0.2) is 11.6 Å². The van der Waals surface area contributed by atoms with Crippen molar-refractivity contribution in [1.82, 2.24) is 4.90 Å². The molecule has 0 aromatic heterocycles. The highest BCUT2D eigenvalue weighted by atomic mass is 35.5. The summed E-state index contributed by atoms with van der Waals surface area (Å²) in [7, 11) is 0. The standard InChI is InChI=1S/C23H27ClFNO4/c1-23(2,3)30-22(27)26-11-9-18(10-12-26)29-19-6-4-5-16(13-19)15-28-21-8-7-17(24)14-20(21)25/h4-8,13-14,18H,9-12,15H2,1-3H3. The van der Waals surface area contributed by atoms with Gasteiger partial charge in [0.2, 0.25) is 0 Å². The molecule has 30 heavy (non-hydrogen) atoms. The molecule has 3 rings (SSSR count). The molecule has 0 atom stereocenters. The van der Waals surface area contributed by atoms with Gasteiger partial charge in [0.25, 0.3) is 0 Å². The molecule has 1 fully saturated rings. The molecule has 2 aromatic rings. The Labute approximate surface area is 181 Å². The average Bonchev–Trinajstić information content (AvgIpc) is 2.67. The van der Waals surface area contributed by atoms with Gasteiger partial charge in [-0.3, -0.25) is 0 Å². The quantitative estimate of drug-likeness (QED) is 0.592. The van der Waals surface area contributed by atoms with E-state index in [0.29, 0.717) is 18.1 Å². The molecule has 0 spiro atoms. The van der Waals surface area contributed by atoms with Crippen molar-refractivity contribution >= 4 is 17.7 Å². The van der Waals surface area contributed by atoms with Crippen LogP contribution in [0.3, 0.4) is 0 Å². The number of ether oxygens (including phenoxy) is 3. The van der Waals surface area contributed by atoms with Crippen LogP contribution in [-0.4, -0.2) is 35.8 Å². The normalized spacial score (nSPS) is 15.0. The highest BCUT2D eigenvalue weighted by Crippen LogP contribution is 2.24. The topological polar surface area (TPSA) is 48.0 Å². The van der Waals surface area contributed by atoms with E-state index < -0.39 is 11.4 Å². The highest BCUT2D eigenvalue weighted by Gasteiger charge is 2.27. The predicted octanol–water partition coefficient (Wildman–Crippen LogP) is 5.84. The number of likely N-dealkylation sites (tertiary alicyclic amines) is 1. The van der Waals surface area contributed by atoms with Crippen LogP contribution in [-0.2, 0) is 11.3 Å². The molecule has 1 saturated heterocycles. The summed E-state index contributed by atoms with van der Waals surface area (Å²) >= 11 is 5.76. The number of amides is 1. The molecule has 1 heterocycles. The third kappa shape index (κ3) is 6.52. The first-order valence-corrected chi connectivity index (χ1v) is 10.4. The van der Waals surface area contributed by atoms with Crippen LogP contribution >= 0.6 is 11.6 Å². The zero-order chi connectivity index (χ0) is 21.7. The third-order valence-corrected chi connectivity index (χ3v) is 4.82. The highest BCUT2D eigenvalue weighted by molar-refractivity contribution is 6.30. The zero-order valence-electron chi connectivity index (χ0n) is 17.5. The molecule has 2 aromatic carbocycles. The molecule has 0 aliphatic carbocycles. The Balaban J connectivity index is 1.50. The molecule has 1 amide bonds. The molecule has 0 saturated carbocycles. The van der Waals surface area contributed by atoms with Gasteiger partial charge in [-0.2, -0.15) is 0 Å². The van der Waals surface area contributed by atoms with Crippen molar-refractivity contribution in [2.45, 2.75) is 51.9 Å². The predicted molar refractivity (Wildman–Crippen MR) is 114 cm³/mol. The SMILES string of the molecule is CC(C)(C)OC(=O)N1CCC(Oc2cccc(COc3ccc(Cl)cc3F)c2)CC1. The minimum absolute atomic E-state index is 0.0218. The Morgan fingerprint density at radius 1 is 1.17 bits per heavy atom. The summed E-state index contributed by atoms with van der Waals surface area (Å²) in [5.74, 6) is 0.385. The van der Waals surface area contributed by atoms with Crippen molar-refractivity contribution in [3.63, 3.8) is 0 Å². The van der Waals surface area contributed by atoms with E-state index in [9.17, 15) is 9.18 Å². The number of hydrogen-bond donors (Lipinski definition) is 0. The smallest absolute Gasteiger partial charge is 0.410 e. The van der Waals surface area contributed by atoms with Gasteiger partial charge in [-0.05, 0) is 56.7 Å². The lowest BCUT2D eigenvalue weighted by atomic mass is 10.1. The third-order valence-electron chi connectivity index (χ3n) is 4.58. The first-order chi connectivity index (χ1) is 14.2. The molecule has 1 aliphatic heterocycles. The fourth-order valence-electron chi connectivity index (χ4n) is 3.14. The molecule has 162 valence electrons. The van der Waals surface area contributed by atoms with Crippen molar-refractivity contribution in [3.05, 3.63) is 58.9 Å². The molecule has 0 N–H and O–H groups in total. The van der Waals surface area contributed by atoms with Crippen LogP contribution in [0.25, 0.3) is 0 Å². The van der Waals surface area contributed by atoms with Gasteiger partial charge < -0.3 is 19.1 Å². The number of piperidine rings is 1. The van der Waals surface area contributed by atoms with Crippen LogP contribution in [0.2, 0.25) is 5.02 Å².